The highest BCUT2D eigenvalue weighted by Gasteiger charge is 2.18. The fourth-order valence-corrected chi connectivity index (χ4v) is 5.38. The molecule has 1 amide bonds. The van der Waals surface area contributed by atoms with E-state index in [0.717, 1.165) is 16.3 Å². The maximum atomic E-state index is 13.2. The summed E-state index contributed by atoms with van der Waals surface area (Å²) in [6.07, 6.45) is 1.09. The van der Waals surface area contributed by atoms with Gasteiger partial charge in [0, 0.05) is 10.4 Å². The summed E-state index contributed by atoms with van der Waals surface area (Å²) in [5, 5.41) is 3.55. The molecule has 192 valence electrons. The van der Waals surface area contributed by atoms with E-state index in [0.29, 0.717) is 27.6 Å². The number of methoxy groups -OCH3 is 1. The summed E-state index contributed by atoms with van der Waals surface area (Å²) in [6.45, 7) is -0.225. The number of nitrogens with one attached hydrogen (secondary N) is 1. The quantitative estimate of drug-likeness (QED) is 0.305. The summed E-state index contributed by atoms with van der Waals surface area (Å²) in [7, 11) is -2.29. The van der Waals surface area contributed by atoms with Crippen molar-refractivity contribution in [2.45, 2.75) is 6.54 Å². The van der Waals surface area contributed by atoms with Crippen LogP contribution in [0.2, 0.25) is 0 Å². The van der Waals surface area contributed by atoms with Gasteiger partial charge in [-0.15, -0.1) is 11.3 Å². The third-order valence-corrected chi connectivity index (χ3v) is 7.56. The summed E-state index contributed by atoms with van der Waals surface area (Å²) in [4.78, 5) is 24.6. The molecule has 0 fully saturated rings. The molecule has 1 aromatic heterocycles. The van der Waals surface area contributed by atoms with Gasteiger partial charge in [0.1, 0.15) is 16.4 Å². The van der Waals surface area contributed by atoms with E-state index in [4.69, 9.17) is 9.47 Å². The highest BCUT2D eigenvalue weighted by atomic mass is 32.2. The van der Waals surface area contributed by atoms with Crippen molar-refractivity contribution in [3.63, 3.8) is 0 Å². The molecule has 37 heavy (non-hydrogen) atoms. The number of nitrogens with zero attached hydrogens (tertiary/aromatic N) is 1. The normalized spacial score (nSPS) is 11.2. The van der Waals surface area contributed by atoms with Crippen LogP contribution in [-0.2, 0) is 26.1 Å². The fourth-order valence-electron chi connectivity index (χ4n) is 3.53. The van der Waals surface area contributed by atoms with Gasteiger partial charge in [0.05, 0.1) is 25.6 Å². The molecule has 0 aliphatic carbocycles. The van der Waals surface area contributed by atoms with E-state index >= 15 is 0 Å². The Morgan fingerprint density at radius 3 is 2.35 bits per heavy atom. The second-order valence-electron chi connectivity index (χ2n) is 8.08. The van der Waals surface area contributed by atoms with E-state index in [1.807, 2.05) is 0 Å². The Balaban J connectivity index is 1.37. The lowest BCUT2D eigenvalue weighted by molar-refractivity contribution is -0.118. The molecule has 0 spiro atoms. The number of benzene rings is 3. The molecule has 1 heterocycles. The van der Waals surface area contributed by atoms with Gasteiger partial charge in [0.15, 0.2) is 6.61 Å². The van der Waals surface area contributed by atoms with Crippen molar-refractivity contribution < 1.29 is 31.9 Å². The first kappa shape index (κ1) is 26.1. The van der Waals surface area contributed by atoms with Gasteiger partial charge < -0.3 is 14.8 Å². The topological polar surface area (TPSA) is 102 Å². The number of halogens is 1. The molecule has 11 heteroatoms. The monoisotopic (exact) mass is 542 g/mol. The van der Waals surface area contributed by atoms with Crippen LogP contribution in [0.5, 0.6) is 5.75 Å². The van der Waals surface area contributed by atoms with E-state index in [2.05, 4.69) is 5.32 Å². The summed E-state index contributed by atoms with van der Waals surface area (Å²) in [5.74, 6) is -0.827. The molecule has 0 radical (unpaired) electrons. The van der Waals surface area contributed by atoms with Crippen LogP contribution in [0.15, 0.2) is 72.8 Å². The molecular weight excluding hydrogens is 519 g/mol. The highest BCUT2D eigenvalue weighted by Crippen LogP contribution is 2.29. The zero-order valence-corrected chi connectivity index (χ0v) is 21.6. The van der Waals surface area contributed by atoms with Gasteiger partial charge in [-0.05, 0) is 71.6 Å². The fraction of sp³-hybridized carbons (Fsp3) is 0.154. The third-order valence-electron chi connectivity index (χ3n) is 5.32. The van der Waals surface area contributed by atoms with Crippen LogP contribution in [0.3, 0.4) is 0 Å². The number of amides is 1. The minimum atomic E-state index is -3.61. The number of hydrogen-bond donors (Lipinski definition) is 1. The minimum Gasteiger partial charge on any atom is -0.484 e. The molecule has 0 saturated heterocycles. The second kappa shape index (κ2) is 11.0. The number of ether oxygens (including phenoxy) is 2. The molecular formula is C26H23FN2O6S2. The number of rotatable bonds is 9. The zero-order valence-electron chi connectivity index (χ0n) is 19.9. The molecule has 3 aromatic carbocycles. The van der Waals surface area contributed by atoms with Crippen molar-refractivity contribution in [3.05, 3.63) is 89.1 Å². The molecule has 0 bridgehead atoms. The lowest BCUT2D eigenvalue weighted by atomic mass is 10.2. The Morgan fingerprint density at radius 2 is 1.70 bits per heavy atom. The number of esters is 1. The number of thiophene rings is 1. The lowest BCUT2D eigenvalue weighted by Crippen LogP contribution is -2.29. The first-order chi connectivity index (χ1) is 17.6. The van der Waals surface area contributed by atoms with Gasteiger partial charge >= 0.3 is 5.97 Å². The van der Waals surface area contributed by atoms with E-state index in [1.54, 1.807) is 48.5 Å². The Hall–Kier alpha value is -3.96. The van der Waals surface area contributed by atoms with E-state index in [1.165, 1.54) is 47.0 Å². The Kier molecular flexibility index (Phi) is 7.74. The molecule has 0 atom stereocenters. The van der Waals surface area contributed by atoms with Crippen molar-refractivity contribution in [1.29, 1.82) is 0 Å². The van der Waals surface area contributed by atoms with Crippen LogP contribution >= 0.6 is 11.3 Å². The molecule has 0 saturated carbocycles. The predicted molar refractivity (Wildman–Crippen MR) is 141 cm³/mol. The molecule has 1 N–H and O–H groups in total. The number of carbonyl (C=O) groups is 2. The minimum absolute atomic E-state index is 0.0390. The average Bonchev–Trinajstić information content (AvgIpc) is 3.30. The van der Waals surface area contributed by atoms with Crippen LogP contribution < -0.4 is 14.4 Å². The van der Waals surface area contributed by atoms with Gasteiger partial charge in [0.25, 0.3) is 5.91 Å². The average molecular weight is 543 g/mol. The van der Waals surface area contributed by atoms with Crippen LogP contribution in [0.4, 0.5) is 15.8 Å². The van der Waals surface area contributed by atoms with Gasteiger partial charge in [-0.3, -0.25) is 9.10 Å². The maximum Gasteiger partial charge on any atom is 0.348 e. The van der Waals surface area contributed by atoms with Crippen molar-refractivity contribution in [1.82, 2.24) is 0 Å². The van der Waals surface area contributed by atoms with Crippen LogP contribution in [0.1, 0.15) is 15.2 Å². The molecule has 0 unspecified atom stereocenters. The number of anilines is 2. The SMILES string of the molecule is COC(=O)c1cc2cc(NC(=O)COc3ccc(N(Cc4ccc(F)cc4)S(C)(=O)=O)cc3)ccc2s1. The standard InChI is InChI=1S/C26H23FN2O6S2/c1-34-26(31)24-14-18-13-20(7-12-23(18)36-24)28-25(30)16-35-22-10-8-21(9-11-22)29(37(2,32)33)15-17-3-5-19(27)6-4-17/h3-14H,15-16H2,1-2H3,(H,28,30). The number of hydrogen-bond acceptors (Lipinski definition) is 7. The van der Waals surface area contributed by atoms with E-state index in [-0.39, 0.29) is 19.1 Å². The summed E-state index contributed by atoms with van der Waals surface area (Å²) < 4.78 is 50.3. The van der Waals surface area contributed by atoms with Crippen molar-refractivity contribution in [2.24, 2.45) is 0 Å². The predicted octanol–water partition coefficient (Wildman–Crippen LogP) is 4.81. The zero-order chi connectivity index (χ0) is 26.6. The second-order valence-corrected chi connectivity index (χ2v) is 11.1. The Morgan fingerprint density at radius 1 is 1.00 bits per heavy atom. The lowest BCUT2D eigenvalue weighted by Gasteiger charge is -2.22. The third kappa shape index (κ3) is 6.63. The summed E-state index contributed by atoms with van der Waals surface area (Å²) in [6, 6.07) is 18.9. The number of fused-ring (bicyclic) bond motifs is 1. The maximum absolute atomic E-state index is 13.2. The van der Waals surface area contributed by atoms with Gasteiger partial charge in [-0.2, -0.15) is 0 Å². The van der Waals surface area contributed by atoms with Crippen molar-refractivity contribution in [3.8, 4) is 5.75 Å². The summed E-state index contributed by atoms with van der Waals surface area (Å²) in [5.41, 5.74) is 1.58. The van der Waals surface area contributed by atoms with E-state index in [9.17, 15) is 22.4 Å². The number of sulfonamides is 1. The first-order valence-corrected chi connectivity index (χ1v) is 13.7. The van der Waals surface area contributed by atoms with Crippen molar-refractivity contribution >= 4 is 54.7 Å². The van der Waals surface area contributed by atoms with Gasteiger partial charge in [0.2, 0.25) is 10.0 Å². The van der Waals surface area contributed by atoms with Gasteiger partial charge in [-0.25, -0.2) is 17.6 Å². The molecule has 4 rings (SSSR count). The van der Waals surface area contributed by atoms with Crippen molar-refractivity contribution in [2.75, 3.05) is 29.6 Å². The molecule has 8 nitrogen and oxygen atoms in total. The van der Waals surface area contributed by atoms with E-state index < -0.39 is 21.8 Å². The molecule has 0 aliphatic heterocycles. The van der Waals surface area contributed by atoms with Crippen LogP contribution in [0, 0.1) is 5.82 Å². The largest absolute Gasteiger partial charge is 0.484 e. The summed E-state index contributed by atoms with van der Waals surface area (Å²) >= 11 is 1.30. The molecule has 0 aliphatic rings. The Bertz CT molecular complexity index is 1530. The molecule has 4 aromatic rings. The number of carbonyl (C=O) groups excluding carboxylic acids is 2. The smallest absolute Gasteiger partial charge is 0.348 e. The van der Waals surface area contributed by atoms with Crippen LogP contribution in [-0.4, -0.2) is 40.3 Å². The van der Waals surface area contributed by atoms with Crippen LogP contribution in [0.25, 0.3) is 10.1 Å². The first-order valence-electron chi connectivity index (χ1n) is 11.0. The Labute approximate surface area is 217 Å². The highest BCUT2D eigenvalue weighted by molar-refractivity contribution is 7.92. The van der Waals surface area contributed by atoms with Gasteiger partial charge in [-0.1, -0.05) is 12.1 Å².